The fourth-order valence-corrected chi connectivity index (χ4v) is 1.18. The second-order valence-electron chi connectivity index (χ2n) is 2.66. The lowest BCUT2D eigenvalue weighted by atomic mass is 10.2. The van der Waals surface area contributed by atoms with Gasteiger partial charge in [0, 0.05) is 6.21 Å². The molecule has 1 aromatic carbocycles. The fraction of sp³-hybridized carbons (Fsp3) is 0.125. The SMILES string of the molecule is NC1C=Nc2ccccc2N1N. The van der Waals surface area contributed by atoms with Crippen molar-refractivity contribution in [2.24, 2.45) is 16.6 Å². The van der Waals surface area contributed by atoms with E-state index < -0.39 is 0 Å². The Bertz CT molecular complexity index is 321. The number of benzene rings is 1. The largest absolute Gasteiger partial charge is 0.306 e. The van der Waals surface area contributed by atoms with Crippen molar-refractivity contribution < 1.29 is 0 Å². The Labute approximate surface area is 70.5 Å². The standard InChI is InChI=1S/C8H10N4/c9-8-5-11-6-3-1-2-4-7(6)12(8)10/h1-5,8H,9-10H2. The summed E-state index contributed by atoms with van der Waals surface area (Å²) in [6, 6.07) is 7.62. The summed E-state index contributed by atoms with van der Waals surface area (Å²) in [6.07, 6.45) is 1.31. The Morgan fingerprint density at radius 2 is 2.08 bits per heavy atom. The number of hydrazine groups is 1. The van der Waals surface area contributed by atoms with Crippen LogP contribution in [0.25, 0.3) is 0 Å². The highest BCUT2D eigenvalue weighted by Crippen LogP contribution is 2.28. The van der Waals surface area contributed by atoms with E-state index in [1.165, 1.54) is 5.01 Å². The summed E-state index contributed by atoms with van der Waals surface area (Å²) in [5.74, 6) is 5.71. The average molecular weight is 162 g/mol. The number of hydrogen-bond acceptors (Lipinski definition) is 4. The molecule has 0 saturated carbocycles. The van der Waals surface area contributed by atoms with Crippen LogP contribution in [-0.4, -0.2) is 12.4 Å². The lowest BCUT2D eigenvalue weighted by Gasteiger charge is -2.27. The van der Waals surface area contributed by atoms with Crippen molar-refractivity contribution in [3.8, 4) is 0 Å². The Hall–Kier alpha value is -1.39. The van der Waals surface area contributed by atoms with Gasteiger partial charge < -0.3 is 5.73 Å². The predicted molar refractivity (Wildman–Crippen MR) is 49.2 cm³/mol. The minimum absolute atomic E-state index is 0.320. The average Bonchev–Trinajstić information content (AvgIpc) is 2.12. The molecule has 4 N–H and O–H groups in total. The van der Waals surface area contributed by atoms with Crippen LogP contribution < -0.4 is 16.6 Å². The van der Waals surface area contributed by atoms with Crippen molar-refractivity contribution in [3.63, 3.8) is 0 Å². The number of anilines is 1. The molecular weight excluding hydrogens is 152 g/mol. The van der Waals surface area contributed by atoms with E-state index in [-0.39, 0.29) is 6.17 Å². The number of nitrogens with two attached hydrogens (primary N) is 2. The third kappa shape index (κ3) is 0.975. The molecule has 2 rings (SSSR count). The molecule has 0 aromatic heterocycles. The molecule has 0 amide bonds. The van der Waals surface area contributed by atoms with E-state index in [0.29, 0.717) is 0 Å². The van der Waals surface area contributed by atoms with Crippen LogP contribution in [0, 0.1) is 0 Å². The van der Waals surface area contributed by atoms with E-state index in [4.69, 9.17) is 11.6 Å². The molecule has 0 fully saturated rings. The van der Waals surface area contributed by atoms with Gasteiger partial charge >= 0.3 is 0 Å². The molecule has 1 aliphatic rings. The summed E-state index contributed by atoms with van der Waals surface area (Å²) in [5, 5.41) is 1.50. The van der Waals surface area contributed by atoms with Crippen LogP contribution in [0.5, 0.6) is 0 Å². The van der Waals surface area contributed by atoms with Gasteiger partial charge in [-0.3, -0.25) is 10.0 Å². The predicted octanol–water partition coefficient (Wildman–Crippen LogP) is 0.367. The molecule has 1 unspecified atom stereocenters. The number of para-hydroxylation sites is 2. The van der Waals surface area contributed by atoms with Gasteiger partial charge in [0.2, 0.25) is 0 Å². The molecule has 12 heavy (non-hydrogen) atoms. The monoisotopic (exact) mass is 162 g/mol. The van der Waals surface area contributed by atoms with Crippen LogP contribution in [0.3, 0.4) is 0 Å². The fourth-order valence-electron chi connectivity index (χ4n) is 1.18. The maximum atomic E-state index is 5.71. The zero-order chi connectivity index (χ0) is 8.55. The van der Waals surface area contributed by atoms with E-state index in [1.807, 2.05) is 24.3 Å². The quantitative estimate of drug-likeness (QED) is 0.541. The molecule has 4 heteroatoms. The lowest BCUT2D eigenvalue weighted by Crippen LogP contribution is -2.49. The van der Waals surface area contributed by atoms with Crippen LogP contribution in [0.4, 0.5) is 11.4 Å². The highest BCUT2D eigenvalue weighted by molar-refractivity contribution is 5.82. The van der Waals surface area contributed by atoms with Gasteiger partial charge in [0.15, 0.2) is 0 Å². The first kappa shape index (κ1) is 7.27. The summed E-state index contributed by atoms with van der Waals surface area (Å²) in [6.45, 7) is 0. The normalized spacial score (nSPS) is 20.8. The minimum atomic E-state index is -0.320. The van der Waals surface area contributed by atoms with Crippen molar-refractivity contribution in [1.29, 1.82) is 0 Å². The number of aliphatic imine (C=N–C) groups is 1. The minimum Gasteiger partial charge on any atom is -0.306 e. The first-order valence-electron chi connectivity index (χ1n) is 3.72. The van der Waals surface area contributed by atoms with E-state index in [0.717, 1.165) is 11.4 Å². The number of rotatable bonds is 0. The van der Waals surface area contributed by atoms with Gasteiger partial charge in [0.05, 0.1) is 11.4 Å². The van der Waals surface area contributed by atoms with E-state index in [2.05, 4.69) is 4.99 Å². The highest BCUT2D eigenvalue weighted by Gasteiger charge is 2.16. The number of hydrogen-bond donors (Lipinski definition) is 2. The maximum Gasteiger partial charge on any atom is 0.128 e. The first-order valence-corrected chi connectivity index (χ1v) is 3.72. The van der Waals surface area contributed by atoms with E-state index in [1.54, 1.807) is 6.21 Å². The molecule has 0 radical (unpaired) electrons. The van der Waals surface area contributed by atoms with Gasteiger partial charge in [0.1, 0.15) is 6.17 Å². The molecule has 1 heterocycles. The second kappa shape index (κ2) is 2.58. The van der Waals surface area contributed by atoms with Gasteiger partial charge in [-0.05, 0) is 12.1 Å². The van der Waals surface area contributed by atoms with Gasteiger partial charge in [-0.25, -0.2) is 5.84 Å². The topological polar surface area (TPSA) is 67.6 Å². The van der Waals surface area contributed by atoms with Crippen molar-refractivity contribution in [2.75, 3.05) is 5.01 Å². The summed E-state index contributed by atoms with van der Waals surface area (Å²) in [7, 11) is 0. The molecule has 1 atom stereocenters. The second-order valence-corrected chi connectivity index (χ2v) is 2.66. The molecule has 0 spiro atoms. The molecular formula is C8H10N4. The zero-order valence-corrected chi connectivity index (χ0v) is 6.51. The number of nitrogens with zero attached hydrogens (tertiary/aromatic N) is 2. The maximum absolute atomic E-state index is 5.71. The van der Waals surface area contributed by atoms with Gasteiger partial charge in [-0.2, -0.15) is 0 Å². The van der Waals surface area contributed by atoms with Crippen molar-refractivity contribution in [2.45, 2.75) is 6.17 Å². The molecule has 0 saturated heterocycles. The van der Waals surface area contributed by atoms with Crippen LogP contribution in [0.15, 0.2) is 29.3 Å². The number of fused-ring (bicyclic) bond motifs is 1. The molecule has 0 bridgehead atoms. The van der Waals surface area contributed by atoms with E-state index >= 15 is 0 Å². The van der Waals surface area contributed by atoms with E-state index in [9.17, 15) is 0 Å². The Balaban J connectivity index is 2.52. The third-order valence-electron chi connectivity index (χ3n) is 1.85. The van der Waals surface area contributed by atoms with Crippen molar-refractivity contribution >= 4 is 17.6 Å². The highest BCUT2D eigenvalue weighted by atomic mass is 15.5. The summed E-state index contributed by atoms with van der Waals surface area (Å²) < 4.78 is 0. The first-order chi connectivity index (χ1) is 5.79. The smallest absolute Gasteiger partial charge is 0.128 e. The molecule has 62 valence electrons. The molecule has 0 aliphatic carbocycles. The summed E-state index contributed by atoms with van der Waals surface area (Å²) in [5.41, 5.74) is 7.38. The van der Waals surface area contributed by atoms with Crippen LogP contribution in [0.1, 0.15) is 0 Å². The van der Waals surface area contributed by atoms with Gasteiger partial charge in [0.25, 0.3) is 0 Å². The molecule has 1 aromatic rings. The Kier molecular flexibility index (Phi) is 1.56. The third-order valence-corrected chi connectivity index (χ3v) is 1.85. The van der Waals surface area contributed by atoms with Crippen molar-refractivity contribution in [3.05, 3.63) is 24.3 Å². The summed E-state index contributed by atoms with van der Waals surface area (Å²) >= 11 is 0. The Morgan fingerprint density at radius 3 is 2.92 bits per heavy atom. The molecule has 4 nitrogen and oxygen atoms in total. The lowest BCUT2D eigenvalue weighted by molar-refractivity contribution is 0.775. The summed E-state index contributed by atoms with van der Waals surface area (Å²) in [4.78, 5) is 4.15. The zero-order valence-electron chi connectivity index (χ0n) is 6.51. The Morgan fingerprint density at radius 1 is 1.33 bits per heavy atom. The van der Waals surface area contributed by atoms with Crippen LogP contribution >= 0.6 is 0 Å². The van der Waals surface area contributed by atoms with Gasteiger partial charge in [-0.15, -0.1) is 0 Å². The van der Waals surface area contributed by atoms with Crippen LogP contribution in [-0.2, 0) is 0 Å². The van der Waals surface area contributed by atoms with Gasteiger partial charge in [-0.1, -0.05) is 12.1 Å². The van der Waals surface area contributed by atoms with Crippen molar-refractivity contribution in [1.82, 2.24) is 0 Å². The van der Waals surface area contributed by atoms with Crippen LogP contribution in [0.2, 0.25) is 0 Å². The molecule has 1 aliphatic heterocycles.